The summed E-state index contributed by atoms with van der Waals surface area (Å²) < 4.78 is 0. The highest BCUT2D eigenvalue weighted by Crippen LogP contribution is 2.28. The number of nitrogens with zero attached hydrogens (tertiary/aromatic N) is 1. The molecular weight excluding hydrogens is 140 g/mol. The Morgan fingerprint density at radius 3 is 2.64 bits per heavy atom. The zero-order valence-corrected chi connectivity index (χ0v) is 6.84. The van der Waals surface area contributed by atoms with E-state index in [2.05, 4.69) is 10.2 Å². The summed E-state index contributed by atoms with van der Waals surface area (Å²) in [4.78, 5) is 13.4. The number of piperidine rings is 1. The molecule has 0 saturated carbocycles. The Morgan fingerprint density at radius 2 is 2.18 bits per heavy atom. The predicted octanol–water partition coefficient (Wildman–Crippen LogP) is -0.0309. The Kier molecular flexibility index (Phi) is 1.60. The van der Waals surface area contributed by atoms with Crippen molar-refractivity contribution >= 4 is 5.91 Å². The molecule has 2 atom stereocenters. The number of hydrogen-bond acceptors (Lipinski definition) is 2. The minimum absolute atomic E-state index is 0.327. The highest BCUT2D eigenvalue weighted by molar-refractivity contribution is 5.77. The molecule has 62 valence electrons. The van der Waals surface area contributed by atoms with Crippen LogP contribution in [0.5, 0.6) is 0 Å². The lowest BCUT2D eigenvalue weighted by Gasteiger charge is -2.53. The predicted molar refractivity (Wildman–Crippen MR) is 42.2 cm³/mol. The van der Waals surface area contributed by atoms with Crippen molar-refractivity contribution in [2.24, 2.45) is 0 Å². The van der Waals surface area contributed by atoms with Crippen molar-refractivity contribution in [3.8, 4) is 0 Å². The fourth-order valence-electron chi connectivity index (χ4n) is 2.07. The Labute approximate surface area is 66.8 Å². The van der Waals surface area contributed by atoms with Crippen molar-refractivity contribution < 1.29 is 4.79 Å². The van der Waals surface area contributed by atoms with Gasteiger partial charge in [0.25, 0.3) is 0 Å². The number of amides is 1. The molecular formula is C8H14N2O. The lowest BCUT2D eigenvalue weighted by atomic mass is 9.88. The lowest BCUT2D eigenvalue weighted by Crippen LogP contribution is -2.69. The highest BCUT2D eigenvalue weighted by atomic mass is 16.2. The molecule has 0 aliphatic carbocycles. The van der Waals surface area contributed by atoms with Gasteiger partial charge in [-0.15, -0.1) is 0 Å². The van der Waals surface area contributed by atoms with Crippen LogP contribution in [0.15, 0.2) is 0 Å². The third kappa shape index (κ3) is 0.948. The van der Waals surface area contributed by atoms with E-state index in [4.69, 9.17) is 0 Å². The van der Waals surface area contributed by atoms with E-state index in [0.717, 1.165) is 13.1 Å². The van der Waals surface area contributed by atoms with Crippen LogP contribution in [0.25, 0.3) is 0 Å². The van der Waals surface area contributed by atoms with Crippen LogP contribution in [0.3, 0.4) is 0 Å². The van der Waals surface area contributed by atoms with Crippen LogP contribution in [-0.4, -0.2) is 36.0 Å². The second-order valence-corrected chi connectivity index (χ2v) is 3.36. The van der Waals surface area contributed by atoms with Gasteiger partial charge in [-0.1, -0.05) is 6.92 Å². The molecule has 3 aliphatic rings. The summed E-state index contributed by atoms with van der Waals surface area (Å²) >= 11 is 0. The Morgan fingerprint density at radius 1 is 1.55 bits per heavy atom. The first-order valence-electron chi connectivity index (χ1n) is 4.34. The molecule has 3 heterocycles. The van der Waals surface area contributed by atoms with E-state index in [1.165, 1.54) is 6.42 Å². The smallest absolute Gasteiger partial charge is 0.222 e. The monoisotopic (exact) mass is 154 g/mol. The number of rotatable bonds is 1. The van der Waals surface area contributed by atoms with Crippen molar-refractivity contribution in [3.63, 3.8) is 0 Å². The molecule has 2 bridgehead atoms. The van der Waals surface area contributed by atoms with E-state index in [1.807, 2.05) is 6.92 Å². The molecule has 11 heavy (non-hydrogen) atoms. The summed E-state index contributed by atoms with van der Waals surface area (Å²) in [7, 11) is 0. The Balaban J connectivity index is 2.00. The highest BCUT2D eigenvalue weighted by Gasteiger charge is 2.43. The first kappa shape index (κ1) is 7.10. The van der Waals surface area contributed by atoms with Crippen LogP contribution in [0, 0.1) is 0 Å². The molecule has 1 amide bonds. The van der Waals surface area contributed by atoms with E-state index in [0.29, 0.717) is 24.4 Å². The molecule has 3 aliphatic heterocycles. The molecule has 3 fully saturated rings. The van der Waals surface area contributed by atoms with Crippen LogP contribution < -0.4 is 5.32 Å². The van der Waals surface area contributed by atoms with Crippen molar-refractivity contribution in [1.29, 1.82) is 0 Å². The average Bonchev–Trinajstić information content (AvgIpc) is 2.05. The third-order valence-corrected chi connectivity index (χ3v) is 2.68. The van der Waals surface area contributed by atoms with E-state index < -0.39 is 0 Å². The maximum absolute atomic E-state index is 11.3. The summed E-state index contributed by atoms with van der Waals surface area (Å²) in [6, 6.07) is 1.03. The van der Waals surface area contributed by atoms with Gasteiger partial charge >= 0.3 is 0 Å². The zero-order valence-electron chi connectivity index (χ0n) is 6.84. The van der Waals surface area contributed by atoms with Crippen LogP contribution >= 0.6 is 0 Å². The molecule has 0 unspecified atom stereocenters. The van der Waals surface area contributed by atoms with E-state index >= 15 is 0 Å². The first-order valence-corrected chi connectivity index (χ1v) is 4.34. The van der Waals surface area contributed by atoms with Gasteiger partial charge in [-0.3, -0.25) is 4.79 Å². The standard InChI is InChI=1S/C8H14N2O/c1-2-8(11)10-6-3-7(10)5-9-4-6/h6-7,9H,2-5H2,1H3/t6-,7+. The number of fused-ring (bicyclic) bond motifs is 2. The molecule has 1 N–H and O–H groups in total. The summed E-state index contributed by atoms with van der Waals surface area (Å²) in [5.41, 5.74) is 0. The second kappa shape index (κ2) is 2.48. The molecule has 3 nitrogen and oxygen atoms in total. The number of nitrogens with one attached hydrogen (secondary N) is 1. The van der Waals surface area contributed by atoms with Gasteiger partial charge in [0.05, 0.1) is 0 Å². The van der Waals surface area contributed by atoms with Gasteiger partial charge in [-0.05, 0) is 6.42 Å². The van der Waals surface area contributed by atoms with Gasteiger partial charge in [-0.25, -0.2) is 0 Å². The third-order valence-electron chi connectivity index (χ3n) is 2.68. The molecule has 0 aromatic carbocycles. The molecule has 0 radical (unpaired) electrons. The maximum Gasteiger partial charge on any atom is 0.222 e. The Bertz CT molecular complexity index is 167. The van der Waals surface area contributed by atoms with E-state index in [-0.39, 0.29) is 0 Å². The van der Waals surface area contributed by atoms with Crippen molar-refractivity contribution in [3.05, 3.63) is 0 Å². The van der Waals surface area contributed by atoms with Gasteiger partial charge in [0, 0.05) is 31.6 Å². The Hall–Kier alpha value is -0.570. The van der Waals surface area contributed by atoms with E-state index in [9.17, 15) is 4.79 Å². The van der Waals surface area contributed by atoms with Crippen LogP contribution in [0.4, 0.5) is 0 Å². The van der Waals surface area contributed by atoms with E-state index in [1.54, 1.807) is 0 Å². The van der Waals surface area contributed by atoms with Crippen molar-refractivity contribution in [2.45, 2.75) is 31.8 Å². The molecule has 3 heteroatoms. The summed E-state index contributed by atoms with van der Waals surface area (Å²) in [6.45, 7) is 3.94. The molecule has 0 aromatic heterocycles. The fourth-order valence-corrected chi connectivity index (χ4v) is 2.07. The lowest BCUT2D eigenvalue weighted by molar-refractivity contribution is -0.146. The van der Waals surface area contributed by atoms with Crippen LogP contribution in [0.1, 0.15) is 19.8 Å². The van der Waals surface area contributed by atoms with Crippen molar-refractivity contribution in [1.82, 2.24) is 10.2 Å². The largest absolute Gasteiger partial charge is 0.334 e. The van der Waals surface area contributed by atoms with Crippen LogP contribution in [-0.2, 0) is 4.79 Å². The molecule has 3 saturated heterocycles. The zero-order chi connectivity index (χ0) is 7.84. The summed E-state index contributed by atoms with van der Waals surface area (Å²) in [5.74, 6) is 0.327. The first-order chi connectivity index (χ1) is 5.33. The van der Waals surface area contributed by atoms with Gasteiger partial charge in [0.1, 0.15) is 0 Å². The minimum atomic E-state index is 0.327. The topological polar surface area (TPSA) is 32.3 Å². The minimum Gasteiger partial charge on any atom is -0.334 e. The molecule has 3 rings (SSSR count). The number of carbonyl (C=O) groups excluding carboxylic acids is 1. The maximum atomic E-state index is 11.3. The summed E-state index contributed by atoms with van der Waals surface area (Å²) in [5, 5.41) is 3.30. The SMILES string of the molecule is CCC(=O)N1[C@@H]2CNC[C@H]1C2. The van der Waals surface area contributed by atoms with Gasteiger partial charge in [0.2, 0.25) is 5.91 Å². The van der Waals surface area contributed by atoms with Gasteiger partial charge in [0.15, 0.2) is 0 Å². The van der Waals surface area contributed by atoms with Gasteiger partial charge < -0.3 is 10.2 Å². The molecule has 0 aromatic rings. The quantitative estimate of drug-likeness (QED) is 0.575. The average molecular weight is 154 g/mol. The van der Waals surface area contributed by atoms with Crippen molar-refractivity contribution in [2.75, 3.05) is 13.1 Å². The summed E-state index contributed by atoms with van der Waals surface area (Å²) in [6.07, 6.45) is 1.88. The number of hydrogen-bond donors (Lipinski definition) is 1. The fraction of sp³-hybridized carbons (Fsp3) is 0.875. The number of carbonyl (C=O) groups is 1. The molecule has 0 spiro atoms. The van der Waals surface area contributed by atoms with Gasteiger partial charge in [-0.2, -0.15) is 0 Å². The second-order valence-electron chi connectivity index (χ2n) is 3.36. The van der Waals surface area contributed by atoms with Crippen LogP contribution in [0.2, 0.25) is 0 Å². The number of piperazine rings is 1. The normalized spacial score (nSPS) is 34.8.